The van der Waals surface area contributed by atoms with Gasteiger partial charge in [0.15, 0.2) is 0 Å². The number of benzene rings is 1. The Hall–Kier alpha value is -1.48. The van der Waals surface area contributed by atoms with E-state index in [0.29, 0.717) is 11.6 Å². The molecule has 3 nitrogen and oxygen atoms in total. The molecule has 0 atom stereocenters. The molecule has 0 amide bonds. The van der Waals surface area contributed by atoms with Crippen molar-refractivity contribution in [2.45, 2.75) is 19.9 Å². The van der Waals surface area contributed by atoms with Crippen LogP contribution < -0.4 is 5.11 Å². The first-order chi connectivity index (χ1) is 7.58. The normalized spacial score (nSPS) is 10.9. The molecule has 0 saturated heterocycles. The number of carboxylic acids is 1. The Bertz CT molecular complexity index is 545. The highest BCUT2D eigenvalue weighted by atomic mass is 35.5. The van der Waals surface area contributed by atoms with Crippen molar-refractivity contribution < 1.29 is 9.90 Å². The Kier molecular flexibility index (Phi) is 2.88. The van der Waals surface area contributed by atoms with Crippen LogP contribution in [-0.2, 0) is 11.3 Å². The van der Waals surface area contributed by atoms with Gasteiger partial charge < -0.3 is 14.5 Å². The highest BCUT2D eigenvalue weighted by molar-refractivity contribution is 6.31. The highest BCUT2D eigenvalue weighted by Gasteiger charge is 2.05. The van der Waals surface area contributed by atoms with Crippen LogP contribution in [0.4, 0.5) is 0 Å². The zero-order chi connectivity index (χ0) is 11.7. The molecule has 2 rings (SSSR count). The van der Waals surface area contributed by atoms with Gasteiger partial charge in [0.05, 0.1) is 0 Å². The zero-order valence-corrected chi connectivity index (χ0v) is 9.62. The predicted molar refractivity (Wildman–Crippen MR) is 61.3 cm³/mol. The maximum atomic E-state index is 10.5. The molecule has 0 saturated carbocycles. The van der Waals surface area contributed by atoms with E-state index in [1.54, 1.807) is 6.07 Å². The molecule has 0 aliphatic heterocycles. The smallest absolute Gasteiger partial charge is 0.0483 e. The summed E-state index contributed by atoms with van der Waals surface area (Å²) in [6.45, 7) is 2.38. The molecule has 0 spiro atoms. The number of aromatic nitrogens is 1. The van der Waals surface area contributed by atoms with Gasteiger partial charge in [0, 0.05) is 40.6 Å². The standard InChI is InChI=1S/C12H12ClNO2/c1-8-6-9-7-10(13)2-3-11(9)14(8)5-4-12(15)16/h2-3,6-7H,4-5H2,1H3,(H,15,16)/p-1. The number of hydrogen-bond acceptors (Lipinski definition) is 2. The van der Waals surface area contributed by atoms with Gasteiger partial charge in [-0.25, -0.2) is 0 Å². The molecule has 0 N–H and O–H groups in total. The number of carbonyl (C=O) groups excluding carboxylic acids is 1. The van der Waals surface area contributed by atoms with Gasteiger partial charge in [-0.2, -0.15) is 0 Å². The Labute approximate surface area is 98.3 Å². The average Bonchev–Trinajstić information content (AvgIpc) is 2.50. The van der Waals surface area contributed by atoms with Gasteiger partial charge >= 0.3 is 0 Å². The SMILES string of the molecule is Cc1cc2cc(Cl)ccc2n1CCC(=O)[O-]. The topological polar surface area (TPSA) is 45.1 Å². The molecule has 0 fully saturated rings. The van der Waals surface area contributed by atoms with E-state index in [9.17, 15) is 9.90 Å². The van der Waals surface area contributed by atoms with E-state index in [1.807, 2.05) is 29.7 Å². The maximum absolute atomic E-state index is 10.5. The van der Waals surface area contributed by atoms with Crippen LogP contribution in [0.3, 0.4) is 0 Å². The van der Waals surface area contributed by atoms with Crippen molar-refractivity contribution in [3.63, 3.8) is 0 Å². The first-order valence-corrected chi connectivity index (χ1v) is 5.41. The van der Waals surface area contributed by atoms with Crippen LogP contribution in [0.5, 0.6) is 0 Å². The van der Waals surface area contributed by atoms with Crippen LogP contribution in [0.25, 0.3) is 10.9 Å². The monoisotopic (exact) mass is 236 g/mol. The van der Waals surface area contributed by atoms with Crippen molar-refractivity contribution >= 4 is 28.5 Å². The number of carbonyl (C=O) groups is 1. The molecule has 0 unspecified atom stereocenters. The highest BCUT2D eigenvalue weighted by Crippen LogP contribution is 2.23. The van der Waals surface area contributed by atoms with Gasteiger partial charge in [-0.1, -0.05) is 11.6 Å². The van der Waals surface area contributed by atoms with Gasteiger partial charge in [-0.3, -0.25) is 0 Å². The van der Waals surface area contributed by atoms with Crippen LogP contribution in [0.15, 0.2) is 24.3 Å². The van der Waals surface area contributed by atoms with Crippen molar-refractivity contribution in [2.75, 3.05) is 0 Å². The summed E-state index contributed by atoms with van der Waals surface area (Å²) in [7, 11) is 0. The Morgan fingerprint density at radius 2 is 2.19 bits per heavy atom. The van der Waals surface area contributed by atoms with Crippen molar-refractivity contribution in [2.24, 2.45) is 0 Å². The van der Waals surface area contributed by atoms with Crippen molar-refractivity contribution in [1.82, 2.24) is 4.57 Å². The third-order valence-electron chi connectivity index (χ3n) is 2.61. The lowest BCUT2D eigenvalue weighted by atomic mass is 10.2. The molecule has 84 valence electrons. The fourth-order valence-electron chi connectivity index (χ4n) is 1.88. The van der Waals surface area contributed by atoms with Crippen LogP contribution in [0.1, 0.15) is 12.1 Å². The number of carboxylic acid groups (broad SMARTS) is 1. The molecule has 0 aliphatic carbocycles. The number of rotatable bonds is 3. The summed E-state index contributed by atoms with van der Waals surface area (Å²) >= 11 is 5.89. The second-order valence-corrected chi connectivity index (χ2v) is 4.20. The molecule has 16 heavy (non-hydrogen) atoms. The van der Waals surface area contributed by atoms with E-state index in [4.69, 9.17) is 11.6 Å². The minimum atomic E-state index is -1.03. The number of nitrogens with zero attached hydrogens (tertiary/aromatic N) is 1. The third kappa shape index (κ3) is 2.04. The molecular weight excluding hydrogens is 226 g/mol. The number of fused-ring (bicyclic) bond motifs is 1. The summed E-state index contributed by atoms with van der Waals surface area (Å²) in [4.78, 5) is 10.5. The quantitative estimate of drug-likeness (QED) is 0.815. The molecule has 2 aromatic rings. The molecule has 1 aromatic heterocycles. The van der Waals surface area contributed by atoms with Crippen molar-refractivity contribution in [1.29, 1.82) is 0 Å². The Morgan fingerprint density at radius 3 is 2.88 bits per heavy atom. The fraction of sp³-hybridized carbons (Fsp3) is 0.250. The largest absolute Gasteiger partial charge is 0.550 e. The number of aryl methyl sites for hydroxylation is 2. The Balaban J connectivity index is 2.43. The van der Waals surface area contributed by atoms with E-state index in [1.165, 1.54) is 0 Å². The lowest BCUT2D eigenvalue weighted by Crippen LogP contribution is -2.23. The first kappa shape index (κ1) is 11.0. The maximum Gasteiger partial charge on any atom is 0.0483 e. The van der Waals surface area contributed by atoms with Gasteiger partial charge in [0.1, 0.15) is 0 Å². The van der Waals surface area contributed by atoms with Crippen molar-refractivity contribution in [3.05, 3.63) is 35.0 Å². The van der Waals surface area contributed by atoms with Crippen LogP contribution >= 0.6 is 11.6 Å². The molecule has 0 aliphatic rings. The van der Waals surface area contributed by atoms with Gasteiger partial charge in [0.2, 0.25) is 0 Å². The number of aliphatic carboxylic acids is 1. The van der Waals surface area contributed by atoms with E-state index in [0.717, 1.165) is 16.6 Å². The summed E-state index contributed by atoms with van der Waals surface area (Å²) in [5, 5.41) is 12.2. The first-order valence-electron chi connectivity index (χ1n) is 5.03. The minimum Gasteiger partial charge on any atom is -0.550 e. The minimum absolute atomic E-state index is 0.0211. The summed E-state index contributed by atoms with van der Waals surface area (Å²) in [5.41, 5.74) is 2.03. The summed E-state index contributed by atoms with van der Waals surface area (Å²) in [6.07, 6.45) is 0.0211. The van der Waals surface area contributed by atoms with Crippen LogP contribution in [0, 0.1) is 6.92 Å². The van der Waals surface area contributed by atoms with E-state index in [2.05, 4.69) is 0 Å². The van der Waals surface area contributed by atoms with Crippen LogP contribution in [0.2, 0.25) is 5.02 Å². The predicted octanol–water partition coefficient (Wildman–Crippen LogP) is 1.74. The second-order valence-electron chi connectivity index (χ2n) is 3.76. The molecule has 0 bridgehead atoms. The van der Waals surface area contributed by atoms with Crippen LogP contribution in [-0.4, -0.2) is 10.5 Å². The number of hydrogen-bond donors (Lipinski definition) is 0. The number of halogens is 1. The third-order valence-corrected chi connectivity index (χ3v) is 2.85. The van der Waals surface area contributed by atoms with Gasteiger partial charge in [-0.15, -0.1) is 0 Å². The van der Waals surface area contributed by atoms with E-state index < -0.39 is 5.97 Å². The van der Waals surface area contributed by atoms with Gasteiger partial charge in [0.25, 0.3) is 0 Å². The fourth-order valence-corrected chi connectivity index (χ4v) is 2.06. The van der Waals surface area contributed by atoms with E-state index >= 15 is 0 Å². The summed E-state index contributed by atoms with van der Waals surface area (Å²) in [6, 6.07) is 7.58. The molecule has 1 heterocycles. The second kappa shape index (κ2) is 4.18. The summed E-state index contributed by atoms with van der Waals surface area (Å²) < 4.78 is 1.96. The molecule has 1 aromatic carbocycles. The lowest BCUT2D eigenvalue weighted by Gasteiger charge is -2.08. The summed E-state index contributed by atoms with van der Waals surface area (Å²) in [5.74, 6) is -1.03. The lowest BCUT2D eigenvalue weighted by molar-refractivity contribution is -0.305. The van der Waals surface area contributed by atoms with Crippen molar-refractivity contribution in [3.8, 4) is 0 Å². The molecule has 4 heteroatoms. The molecule has 0 radical (unpaired) electrons. The molecular formula is C12H11ClNO2-. The van der Waals surface area contributed by atoms with E-state index in [-0.39, 0.29) is 6.42 Å². The Morgan fingerprint density at radius 1 is 1.44 bits per heavy atom. The average molecular weight is 237 g/mol. The zero-order valence-electron chi connectivity index (χ0n) is 8.87. The van der Waals surface area contributed by atoms with Gasteiger partial charge in [-0.05, 0) is 31.2 Å².